The second-order valence-electron chi connectivity index (χ2n) is 5.93. The van der Waals surface area contributed by atoms with Gasteiger partial charge in [-0.3, -0.25) is 4.99 Å². The molecule has 2 aliphatic heterocycles. The van der Waals surface area contributed by atoms with E-state index in [1.54, 1.807) is 12.1 Å². The molecule has 0 radical (unpaired) electrons. The quantitative estimate of drug-likeness (QED) is 0.902. The molecule has 1 saturated heterocycles. The third kappa shape index (κ3) is 2.41. The Labute approximate surface area is 142 Å². The maximum atomic E-state index is 14.5. The molecule has 124 valence electrons. The second kappa shape index (κ2) is 5.70. The third-order valence-corrected chi connectivity index (χ3v) is 5.88. The molecule has 1 fully saturated rings. The summed E-state index contributed by atoms with van der Waals surface area (Å²) in [6.07, 6.45) is 2.27. The fourth-order valence-electron chi connectivity index (χ4n) is 3.42. The lowest BCUT2D eigenvalue weighted by Gasteiger charge is -2.36. The molecule has 2 aliphatic rings. The van der Waals surface area contributed by atoms with Gasteiger partial charge in [-0.05, 0) is 6.07 Å². The second-order valence-corrected chi connectivity index (χ2v) is 7.28. The van der Waals surface area contributed by atoms with Gasteiger partial charge in [-0.15, -0.1) is 0 Å². The highest BCUT2D eigenvalue weighted by molar-refractivity contribution is 8.14. The molecule has 2 N–H and O–H groups in total. The van der Waals surface area contributed by atoms with Crippen molar-refractivity contribution >= 4 is 22.9 Å². The Hall–Kier alpha value is -2.22. The highest BCUT2D eigenvalue weighted by Gasteiger charge is 2.52. The maximum Gasteiger partial charge on any atom is 0.225 e. The summed E-state index contributed by atoms with van der Waals surface area (Å²) in [7, 11) is 0. The van der Waals surface area contributed by atoms with Crippen LogP contribution in [0.1, 0.15) is 5.56 Å². The minimum atomic E-state index is -0.547. The smallest absolute Gasteiger partial charge is 0.225 e. The maximum absolute atomic E-state index is 14.5. The van der Waals surface area contributed by atoms with E-state index in [-0.39, 0.29) is 11.7 Å². The van der Waals surface area contributed by atoms with Gasteiger partial charge < -0.3 is 10.6 Å². The Morgan fingerprint density at radius 1 is 1.21 bits per heavy atom. The van der Waals surface area contributed by atoms with Crippen LogP contribution in [-0.2, 0) is 4.75 Å². The number of aliphatic imine (C=N–C) groups is 1. The van der Waals surface area contributed by atoms with Crippen molar-refractivity contribution in [2.45, 2.75) is 4.75 Å². The van der Waals surface area contributed by atoms with Crippen LogP contribution in [0.2, 0.25) is 0 Å². The Morgan fingerprint density at radius 3 is 2.71 bits per heavy atom. The van der Waals surface area contributed by atoms with E-state index in [9.17, 15) is 8.78 Å². The molecule has 3 heterocycles. The predicted molar refractivity (Wildman–Crippen MR) is 89.9 cm³/mol. The number of hydrogen-bond donors (Lipinski definition) is 1. The molecule has 0 bridgehead atoms. The van der Waals surface area contributed by atoms with Crippen LogP contribution in [0.3, 0.4) is 0 Å². The summed E-state index contributed by atoms with van der Waals surface area (Å²) >= 11 is 1.39. The van der Waals surface area contributed by atoms with Gasteiger partial charge in [0.05, 0.1) is 17.1 Å². The summed E-state index contributed by atoms with van der Waals surface area (Å²) in [4.78, 5) is 14.4. The fraction of sp³-hybridized carbons (Fsp3) is 0.312. The highest BCUT2D eigenvalue weighted by Crippen LogP contribution is 2.51. The van der Waals surface area contributed by atoms with Crippen molar-refractivity contribution < 1.29 is 8.78 Å². The van der Waals surface area contributed by atoms with Gasteiger partial charge in [0, 0.05) is 31.1 Å². The van der Waals surface area contributed by atoms with E-state index >= 15 is 0 Å². The van der Waals surface area contributed by atoms with Crippen molar-refractivity contribution in [3.63, 3.8) is 0 Å². The molecule has 0 spiro atoms. The van der Waals surface area contributed by atoms with E-state index in [1.165, 1.54) is 17.8 Å². The van der Waals surface area contributed by atoms with Gasteiger partial charge in [0.1, 0.15) is 5.82 Å². The van der Waals surface area contributed by atoms with Crippen LogP contribution in [0.5, 0.6) is 0 Å². The monoisotopic (exact) mass is 347 g/mol. The normalized spacial score (nSPS) is 26.2. The summed E-state index contributed by atoms with van der Waals surface area (Å²) in [5.41, 5.74) is 6.57. The molecule has 1 aromatic heterocycles. The number of fused-ring (bicyclic) bond motifs is 1. The van der Waals surface area contributed by atoms with Crippen LogP contribution >= 0.6 is 11.8 Å². The van der Waals surface area contributed by atoms with E-state index in [4.69, 9.17) is 5.73 Å². The molecule has 5 nitrogen and oxygen atoms in total. The van der Waals surface area contributed by atoms with Gasteiger partial charge in [0.2, 0.25) is 5.95 Å². The standard InChI is InChI=1S/C16H15F2N5S/c17-11-6-21-15(22-7-11)23-8-10-5-20-14(19)24-16(10,9-23)12-3-1-2-4-13(12)18/h1-4,6-7,10H,5,8-9H2,(H2,19,20)/t10-,16-/m0/s1. The number of halogens is 2. The van der Waals surface area contributed by atoms with Crippen molar-refractivity contribution in [1.82, 2.24) is 9.97 Å². The molecular weight excluding hydrogens is 332 g/mol. The van der Waals surface area contributed by atoms with E-state index in [0.717, 1.165) is 12.4 Å². The number of thioether (sulfide) groups is 1. The van der Waals surface area contributed by atoms with Crippen LogP contribution in [0.15, 0.2) is 41.7 Å². The number of amidine groups is 1. The van der Waals surface area contributed by atoms with Crippen molar-refractivity contribution in [2.75, 3.05) is 24.5 Å². The molecule has 8 heteroatoms. The van der Waals surface area contributed by atoms with Crippen LogP contribution in [0, 0.1) is 17.6 Å². The first kappa shape index (κ1) is 15.3. The van der Waals surface area contributed by atoms with E-state index in [0.29, 0.717) is 36.3 Å². The molecule has 1 aromatic carbocycles. The Kier molecular flexibility index (Phi) is 3.64. The number of nitrogens with zero attached hydrogens (tertiary/aromatic N) is 4. The molecular formula is C16H15F2N5S. The minimum absolute atomic E-state index is 0.0698. The summed E-state index contributed by atoms with van der Waals surface area (Å²) in [6, 6.07) is 6.75. The first-order valence-corrected chi connectivity index (χ1v) is 8.36. The van der Waals surface area contributed by atoms with Crippen molar-refractivity contribution in [1.29, 1.82) is 0 Å². The lowest BCUT2D eigenvalue weighted by atomic mass is 9.87. The van der Waals surface area contributed by atoms with Crippen molar-refractivity contribution in [3.05, 3.63) is 53.9 Å². The minimum Gasteiger partial charge on any atom is -0.379 e. The largest absolute Gasteiger partial charge is 0.379 e. The van der Waals surface area contributed by atoms with Gasteiger partial charge in [0.15, 0.2) is 11.0 Å². The van der Waals surface area contributed by atoms with E-state index < -0.39 is 10.6 Å². The number of hydrogen-bond acceptors (Lipinski definition) is 6. The molecule has 0 saturated carbocycles. The van der Waals surface area contributed by atoms with Crippen molar-refractivity contribution in [3.8, 4) is 0 Å². The average molecular weight is 347 g/mol. The van der Waals surface area contributed by atoms with Gasteiger partial charge >= 0.3 is 0 Å². The molecule has 2 atom stereocenters. The molecule has 0 amide bonds. The zero-order chi connectivity index (χ0) is 16.7. The molecule has 0 unspecified atom stereocenters. The molecule has 0 aliphatic carbocycles. The van der Waals surface area contributed by atoms with Crippen molar-refractivity contribution in [2.24, 2.45) is 16.6 Å². The Bertz CT molecular complexity index is 797. The SMILES string of the molecule is NC1=NC[C@H]2CN(c3ncc(F)cn3)C[C@]2(c2ccccc2F)S1. The topological polar surface area (TPSA) is 67.4 Å². The van der Waals surface area contributed by atoms with Crippen LogP contribution in [0.25, 0.3) is 0 Å². The van der Waals surface area contributed by atoms with Gasteiger partial charge in [-0.2, -0.15) is 0 Å². The Balaban J connectivity index is 1.75. The summed E-state index contributed by atoms with van der Waals surface area (Å²) in [6.45, 7) is 1.62. The summed E-state index contributed by atoms with van der Waals surface area (Å²) in [5.74, 6) is -0.242. The number of anilines is 1. The summed E-state index contributed by atoms with van der Waals surface area (Å²) < 4.78 is 27.1. The summed E-state index contributed by atoms with van der Waals surface area (Å²) in [5, 5.41) is 0.455. The Morgan fingerprint density at radius 2 is 1.96 bits per heavy atom. The van der Waals surface area contributed by atoms with E-state index in [1.807, 2.05) is 11.0 Å². The first-order valence-electron chi connectivity index (χ1n) is 7.55. The molecule has 2 aromatic rings. The molecule has 4 rings (SSSR count). The first-order chi connectivity index (χ1) is 11.6. The average Bonchev–Trinajstić information content (AvgIpc) is 2.95. The van der Waals surface area contributed by atoms with Crippen LogP contribution in [-0.4, -0.2) is 34.8 Å². The number of nitrogens with two attached hydrogens (primary N) is 1. The fourth-order valence-corrected chi connectivity index (χ4v) is 4.74. The number of aromatic nitrogens is 2. The van der Waals surface area contributed by atoms with Crippen LogP contribution in [0.4, 0.5) is 14.7 Å². The lowest BCUT2D eigenvalue weighted by molar-refractivity contribution is 0.464. The van der Waals surface area contributed by atoms with Gasteiger partial charge in [0.25, 0.3) is 0 Å². The van der Waals surface area contributed by atoms with Crippen LogP contribution < -0.4 is 10.6 Å². The van der Waals surface area contributed by atoms with E-state index in [2.05, 4.69) is 15.0 Å². The molecule has 24 heavy (non-hydrogen) atoms. The highest BCUT2D eigenvalue weighted by atomic mass is 32.2. The zero-order valence-electron chi connectivity index (χ0n) is 12.7. The lowest BCUT2D eigenvalue weighted by Crippen LogP contribution is -2.40. The third-order valence-electron chi connectivity index (χ3n) is 4.50. The number of benzene rings is 1. The zero-order valence-corrected chi connectivity index (χ0v) is 13.5. The van der Waals surface area contributed by atoms with Gasteiger partial charge in [-0.25, -0.2) is 18.7 Å². The number of rotatable bonds is 2. The predicted octanol–water partition coefficient (Wildman–Crippen LogP) is 2.15. The van der Waals surface area contributed by atoms with Gasteiger partial charge in [-0.1, -0.05) is 30.0 Å².